The highest BCUT2D eigenvalue weighted by Crippen LogP contribution is 2.40. The Balaban J connectivity index is 1.91. The molecule has 0 atom stereocenters. The first-order valence-electron chi connectivity index (χ1n) is 10.3. The minimum atomic E-state index is -0.284. The zero-order valence-corrected chi connectivity index (χ0v) is 18.7. The van der Waals surface area contributed by atoms with Crippen molar-refractivity contribution in [3.05, 3.63) is 40.1 Å². The number of hydrogen-bond acceptors (Lipinski definition) is 4. The average molecular weight is 396 g/mol. The van der Waals surface area contributed by atoms with Crippen molar-refractivity contribution in [1.29, 1.82) is 5.41 Å². The zero-order valence-electron chi connectivity index (χ0n) is 18.7. The minimum Gasteiger partial charge on any atom is -0.507 e. The second-order valence-corrected chi connectivity index (χ2v) is 10.3. The summed E-state index contributed by atoms with van der Waals surface area (Å²) in [6, 6.07) is 3.64. The van der Waals surface area contributed by atoms with Crippen LogP contribution in [0.3, 0.4) is 0 Å². The van der Waals surface area contributed by atoms with Gasteiger partial charge < -0.3 is 10.0 Å². The van der Waals surface area contributed by atoms with Crippen LogP contribution >= 0.6 is 0 Å². The summed E-state index contributed by atoms with van der Waals surface area (Å²) in [6.45, 7) is 15.0. The van der Waals surface area contributed by atoms with Gasteiger partial charge in [0.05, 0.1) is 6.54 Å². The molecule has 2 aliphatic heterocycles. The molecular formula is C24H33N3O2. The summed E-state index contributed by atoms with van der Waals surface area (Å²) in [7, 11) is 0. The van der Waals surface area contributed by atoms with Crippen molar-refractivity contribution in [3.63, 3.8) is 0 Å². The average Bonchev–Trinajstić information content (AvgIpc) is 2.88. The Morgan fingerprint density at radius 3 is 2.17 bits per heavy atom. The molecule has 2 aliphatic rings. The maximum Gasteiger partial charge on any atom is 0.182 e. The molecule has 0 aromatic heterocycles. The molecule has 0 radical (unpaired) electrons. The topological polar surface area (TPSA) is 76.8 Å². The number of carbonyl (C=O) groups is 1. The van der Waals surface area contributed by atoms with Crippen LogP contribution in [-0.4, -0.2) is 40.4 Å². The molecule has 3 rings (SSSR count). The van der Waals surface area contributed by atoms with Gasteiger partial charge in [0, 0.05) is 28.9 Å². The highest BCUT2D eigenvalue weighted by Gasteiger charge is 2.32. The first-order valence-corrected chi connectivity index (χ1v) is 10.3. The van der Waals surface area contributed by atoms with E-state index in [1.807, 2.05) is 65.5 Å². The van der Waals surface area contributed by atoms with E-state index in [0.717, 1.165) is 41.0 Å². The summed E-state index contributed by atoms with van der Waals surface area (Å²) in [5.41, 5.74) is 4.54. The number of hydrogen-bond donors (Lipinski definition) is 2. The molecule has 0 aliphatic carbocycles. The zero-order chi connectivity index (χ0) is 21.7. The van der Waals surface area contributed by atoms with E-state index in [1.165, 1.54) is 0 Å². The lowest BCUT2D eigenvalue weighted by Crippen LogP contribution is -2.32. The van der Waals surface area contributed by atoms with Gasteiger partial charge in [-0.1, -0.05) is 41.5 Å². The highest BCUT2D eigenvalue weighted by atomic mass is 16.3. The number of carbonyl (C=O) groups excluding carboxylic acids is 1. The molecule has 1 aromatic rings. The largest absolute Gasteiger partial charge is 0.507 e. The number of nitrogens with zero attached hydrogens (tertiary/aromatic N) is 2. The second kappa shape index (κ2) is 7.12. The lowest BCUT2D eigenvalue weighted by Gasteiger charge is -2.28. The summed E-state index contributed by atoms with van der Waals surface area (Å²) in [5.74, 6) is 0.585. The molecule has 0 saturated heterocycles. The highest BCUT2D eigenvalue weighted by molar-refractivity contribution is 6.06. The lowest BCUT2D eigenvalue weighted by atomic mass is 9.78. The van der Waals surface area contributed by atoms with E-state index in [4.69, 9.17) is 5.41 Å². The van der Waals surface area contributed by atoms with E-state index in [-0.39, 0.29) is 28.9 Å². The first kappa shape index (κ1) is 21.3. The standard InChI is InChI=1S/C24H33N3O2/c1-14-8-9-15-12-27(22(25)20(15)26-14)13-19(28)16-10-17(23(2,3)4)21(29)18(11-16)24(5,6)7/h10-11,25,29H,8-9,12-13H2,1-7H3. The van der Waals surface area contributed by atoms with Crippen LogP contribution in [0.15, 0.2) is 28.4 Å². The van der Waals surface area contributed by atoms with Crippen molar-refractivity contribution >= 4 is 17.3 Å². The van der Waals surface area contributed by atoms with Gasteiger partial charge in [0.1, 0.15) is 17.3 Å². The number of aromatic hydroxyl groups is 1. The molecule has 156 valence electrons. The normalized spacial score (nSPS) is 17.6. The fraction of sp³-hybridized carbons (Fsp3) is 0.542. The van der Waals surface area contributed by atoms with Gasteiger partial charge in [-0.05, 0) is 48.3 Å². The molecule has 5 heteroatoms. The van der Waals surface area contributed by atoms with E-state index in [0.29, 0.717) is 17.9 Å². The Kier molecular flexibility index (Phi) is 5.22. The summed E-state index contributed by atoms with van der Waals surface area (Å²) < 4.78 is 0. The van der Waals surface area contributed by atoms with E-state index in [1.54, 1.807) is 0 Å². The van der Waals surface area contributed by atoms with Gasteiger partial charge in [-0.3, -0.25) is 15.2 Å². The molecule has 0 amide bonds. The molecule has 2 N–H and O–H groups in total. The van der Waals surface area contributed by atoms with Crippen LogP contribution in [-0.2, 0) is 10.8 Å². The van der Waals surface area contributed by atoms with E-state index in [9.17, 15) is 9.90 Å². The van der Waals surface area contributed by atoms with Gasteiger partial charge in [0.25, 0.3) is 0 Å². The van der Waals surface area contributed by atoms with Crippen LogP contribution in [0.1, 0.15) is 82.8 Å². The smallest absolute Gasteiger partial charge is 0.182 e. The van der Waals surface area contributed by atoms with E-state index >= 15 is 0 Å². The third kappa shape index (κ3) is 4.14. The molecule has 0 saturated carbocycles. The Hall–Kier alpha value is -2.43. The number of rotatable bonds is 3. The molecular weight excluding hydrogens is 362 g/mol. The number of ketones is 1. The third-order valence-electron chi connectivity index (χ3n) is 5.73. The van der Waals surface area contributed by atoms with Crippen LogP contribution in [0.5, 0.6) is 5.75 Å². The Labute approximate surface area is 174 Å². The summed E-state index contributed by atoms with van der Waals surface area (Å²) in [6.07, 6.45) is 1.84. The number of nitrogens with one attached hydrogen (secondary N) is 1. The van der Waals surface area contributed by atoms with Crippen molar-refractivity contribution < 1.29 is 9.90 Å². The van der Waals surface area contributed by atoms with Gasteiger partial charge in [0.15, 0.2) is 5.78 Å². The van der Waals surface area contributed by atoms with Crippen molar-refractivity contribution in [2.45, 2.75) is 72.1 Å². The molecule has 0 unspecified atom stereocenters. The van der Waals surface area contributed by atoms with Gasteiger partial charge in [-0.2, -0.15) is 0 Å². The molecule has 1 aromatic carbocycles. The van der Waals surface area contributed by atoms with Crippen molar-refractivity contribution in [2.24, 2.45) is 4.99 Å². The number of benzene rings is 1. The van der Waals surface area contributed by atoms with Crippen molar-refractivity contribution in [3.8, 4) is 5.75 Å². The van der Waals surface area contributed by atoms with Crippen LogP contribution in [0.2, 0.25) is 0 Å². The molecule has 0 spiro atoms. The fourth-order valence-electron chi connectivity index (χ4n) is 3.95. The summed E-state index contributed by atoms with van der Waals surface area (Å²) >= 11 is 0. The monoisotopic (exact) mass is 395 g/mol. The van der Waals surface area contributed by atoms with Gasteiger partial charge in [-0.15, -0.1) is 0 Å². The van der Waals surface area contributed by atoms with Gasteiger partial charge in [-0.25, -0.2) is 0 Å². The Bertz CT molecular complexity index is 905. The maximum absolute atomic E-state index is 13.2. The second-order valence-electron chi connectivity index (χ2n) is 10.3. The third-order valence-corrected chi connectivity index (χ3v) is 5.73. The van der Waals surface area contributed by atoms with Gasteiger partial charge >= 0.3 is 0 Å². The lowest BCUT2D eigenvalue weighted by molar-refractivity contribution is 0.0966. The number of Topliss-reactive ketones (excluding diaryl/α,β-unsaturated/α-hetero) is 1. The maximum atomic E-state index is 13.2. The molecule has 29 heavy (non-hydrogen) atoms. The van der Waals surface area contributed by atoms with Crippen molar-refractivity contribution in [2.75, 3.05) is 13.1 Å². The molecule has 0 fully saturated rings. The van der Waals surface area contributed by atoms with Crippen LogP contribution < -0.4 is 0 Å². The minimum absolute atomic E-state index is 0.0358. The van der Waals surface area contributed by atoms with Crippen LogP contribution in [0, 0.1) is 5.41 Å². The summed E-state index contributed by atoms with van der Waals surface area (Å²) in [4.78, 5) is 19.6. The molecule has 2 heterocycles. The predicted molar refractivity (Wildman–Crippen MR) is 119 cm³/mol. The number of aliphatic imine (C=N–C) groups is 1. The first-order chi connectivity index (χ1) is 13.3. The van der Waals surface area contributed by atoms with E-state index < -0.39 is 0 Å². The fourth-order valence-corrected chi connectivity index (χ4v) is 3.95. The molecule has 0 bridgehead atoms. The Morgan fingerprint density at radius 2 is 1.66 bits per heavy atom. The van der Waals surface area contributed by atoms with Crippen molar-refractivity contribution in [1.82, 2.24) is 4.90 Å². The van der Waals surface area contributed by atoms with Gasteiger partial charge in [0.2, 0.25) is 0 Å². The Morgan fingerprint density at radius 1 is 1.10 bits per heavy atom. The number of phenolic OH excluding ortho intramolecular Hbond substituents is 1. The van der Waals surface area contributed by atoms with Crippen LogP contribution in [0.25, 0.3) is 0 Å². The predicted octanol–water partition coefficient (Wildman–Crippen LogP) is 4.97. The SMILES string of the molecule is CC1=NC2=C(CC1)CN(CC(=O)c1cc(C(C)(C)C)c(O)c(C(C)(C)C)c1)C2=N. The quantitative estimate of drug-likeness (QED) is 0.709. The number of amidine groups is 1. The number of phenols is 1. The molecule has 5 nitrogen and oxygen atoms in total. The van der Waals surface area contributed by atoms with E-state index in [2.05, 4.69) is 4.99 Å². The summed E-state index contributed by atoms with van der Waals surface area (Å²) in [5, 5.41) is 19.3. The van der Waals surface area contributed by atoms with Crippen LogP contribution in [0.4, 0.5) is 0 Å².